The van der Waals surface area contributed by atoms with Crippen LogP contribution in [0.5, 0.6) is 5.75 Å². The van der Waals surface area contributed by atoms with Gasteiger partial charge in [0.15, 0.2) is 0 Å². The van der Waals surface area contributed by atoms with E-state index in [1.807, 2.05) is 6.92 Å². The molecule has 112 valence electrons. The fraction of sp³-hybridized carbons (Fsp3) is 0.588. The fourth-order valence-electron chi connectivity index (χ4n) is 2.75. The quantitative estimate of drug-likeness (QED) is 0.695. The SMILES string of the molecule is CCCCCCc1c(O)c(C(=O)O)cc(CC)c1CC. The standard InChI is InChI=1S/C17H26O3/c1-4-7-8-9-10-14-13(6-3)12(5-2)11-15(16(14)18)17(19)20/h11,18H,4-10H2,1-3H3,(H,19,20). The number of unbranched alkanes of at least 4 members (excludes halogenated alkanes) is 3. The summed E-state index contributed by atoms with van der Waals surface area (Å²) in [4.78, 5) is 11.3. The summed E-state index contributed by atoms with van der Waals surface area (Å²) < 4.78 is 0. The molecule has 0 atom stereocenters. The first-order chi connectivity index (χ1) is 9.56. The second-order valence-corrected chi connectivity index (χ2v) is 5.21. The van der Waals surface area contributed by atoms with Gasteiger partial charge in [-0.15, -0.1) is 0 Å². The van der Waals surface area contributed by atoms with Crippen molar-refractivity contribution in [2.75, 3.05) is 0 Å². The molecule has 20 heavy (non-hydrogen) atoms. The molecule has 0 spiro atoms. The second kappa shape index (κ2) is 7.93. The Morgan fingerprint density at radius 2 is 1.75 bits per heavy atom. The molecule has 0 radical (unpaired) electrons. The molecule has 0 saturated carbocycles. The number of rotatable bonds is 8. The number of benzene rings is 1. The average Bonchev–Trinajstić information content (AvgIpc) is 2.43. The van der Waals surface area contributed by atoms with Crippen molar-refractivity contribution in [1.29, 1.82) is 0 Å². The van der Waals surface area contributed by atoms with Crippen LogP contribution in [0.2, 0.25) is 0 Å². The van der Waals surface area contributed by atoms with E-state index in [0.717, 1.165) is 48.8 Å². The molecule has 1 aromatic carbocycles. The Bertz CT molecular complexity index is 464. The molecule has 2 N–H and O–H groups in total. The van der Waals surface area contributed by atoms with Gasteiger partial charge in [-0.25, -0.2) is 4.79 Å². The molecule has 1 rings (SSSR count). The van der Waals surface area contributed by atoms with E-state index in [1.165, 1.54) is 12.8 Å². The lowest BCUT2D eigenvalue weighted by Gasteiger charge is -2.16. The van der Waals surface area contributed by atoms with E-state index in [0.29, 0.717) is 0 Å². The maximum Gasteiger partial charge on any atom is 0.339 e. The Balaban J connectivity index is 3.15. The maximum atomic E-state index is 11.3. The molecule has 0 aliphatic heterocycles. The third-order valence-electron chi connectivity index (χ3n) is 3.86. The molecular weight excluding hydrogens is 252 g/mol. The molecule has 0 fully saturated rings. The van der Waals surface area contributed by atoms with Gasteiger partial charge < -0.3 is 10.2 Å². The van der Waals surface area contributed by atoms with Crippen LogP contribution in [-0.4, -0.2) is 16.2 Å². The molecule has 0 aliphatic rings. The van der Waals surface area contributed by atoms with Gasteiger partial charge in [0.25, 0.3) is 0 Å². The van der Waals surface area contributed by atoms with Gasteiger partial charge in [0.2, 0.25) is 0 Å². The number of aromatic hydroxyl groups is 1. The van der Waals surface area contributed by atoms with Crippen LogP contribution in [0.3, 0.4) is 0 Å². The van der Waals surface area contributed by atoms with E-state index in [-0.39, 0.29) is 11.3 Å². The van der Waals surface area contributed by atoms with E-state index in [4.69, 9.17) is 0 Å². The molecule has 0 aliphatic carbocycles. The van der Waals surface area contributed by atoms with E-state index < -0.39 is 5.97 Å². The maximum absolute atomic E-state index is 11.3. The summed E-state index contributed by atoms with van der Waals surface area (Å²) in [6.07, 6.45) is 6.87. The highest BCUT2D eigenvalue weighted by atomic mass is 16.4. The van der Waals surface area contributed by atoms with Crippen molar-refractivity contribution < 1.29 is 15.0 Å². The highest BCUT2D eigenvalue weighted by Crippen LogP contribution is 2.31. The molecule has 0 amide bonds. The topological polar surface area (TPSA) is 57.5 Å². The number of hydrogen-bond acceptors (Lipinski definition) is 2. The number of carbonyl (C=O) groups is 1. The summed E-state index contributed by atoms with van der Waals surface area (Å²) in [6.45, 7) is 6.25. The molecule has 1 aromatic rings. The van der Waals surface area contributed by atoms with Gasteiger partial charge in [-0.3, -0.25) is 0 Å². The van der Waals surface area contributed by atoms with Crippen molar-refractivity contribution in [3.63, 3.8) is 0 Å². The minimum absolute atomic E-state index is 0.0250. The lowest BCUT2D eigenvalue weighted by atomic mass is 9.90. The first kappa shape index (κ1) is 16.5. The third-order valence-corrected chi connectivity index (χ3v) is 3.86. The first-order valence-electron chi connectivity index (χ1n) is 7.66. The van der Waals surface area contributed by atoms with Crippen LogP contribution in [0, 0.1) is 0 Å². The average molecular weight is 278 g/mol. The summed E-state index contributed by atoms with van der Waals surface area (Å²) in [7, 11) is 0. The van der Waals surface area contributed by atoms with Gasteiger partial charge in [-0.2, -0.15) is 0 Å². The van der Waals surface area contributed by atoms with Crippen LogP contribution in [0.15, 0.2) is 6.07 Å². The Morgan fingerprint density at radius 1 is 1.05 bits per heavy atom. The van der Waals surface area contributed by atoms with E-state index in [2.05, 4.69) is 13.8 Å². The zero-order valence-electron chi connectivity index (χ0n) is 12.8. The highest BCUT2D eigenvalue weighted by Gasteiger charge is 2.19. The van der Waals surface area contributed by atoms with Gasteiger partial charge in [0.05, 0.1) is 0 Å². The van der Waals surface area contributed by atoms with Crippen LogP contribution in [-0.2, 0) is 19.3 Å². The smallest absolute Gasteiger partial charge is 0.339 e. The van der Waals surface area contributed by atoms with Gasteiger partial charge in [-0.1, -0.05) is 40.0 Å². The molecule has 0 aromatic heterocycles. The minimum Gasteiger partial charge on any atom is -0.507 e. The molecule has 0 bridgehead atoms. The predicted octanol–water partition coefficient (Wildman–Crippen LogP) is 4.34. The van der Waals surface area contributed by atoms with Crippen LogP contribution in [0.25, 0.3) is 0 Å². The predicted molar refractivity (Wildman–Crippen MR) is 81.7 cm³/mol. The Morgan fingerprint density at radius 3 is 2.25 bits per heavy atom. The Kier molecular flexibility index (Phi) is 6.56. The van der Waals surface area contributed by atoms with E-state index in [1.54, 1.807) is 6.07 Å². The zero-order chi connectivity index (χ0) is 15.1. The molecule has 0 unspecified atom stereocenters. The van der Waals surface area contributed by atoms with Gasteiger partial charge in [0, 0.05) is 0 Å². The van der Waals surface area contributed by atoms with E-state index >= 15 is 0 Å². The van der Waals surface area contributed by atoms with Crippen molar-refractivity contribution in [2.45, 2.75) is 65.7 Å². The largest absolute Gasteiger partial charge is 0.507 e. The number of aromatic carboxylic acids is 1. The van der Waals surface area contributed by atoms with Gasteiger partial charge in [0.1, 0.15) is 11.3 Å². The molecule has 0 saturated heterocycles. The minimum atomic E-state index is -1.05. The van der Waals surface area contributed by atoms with Gasteiger partial charge in [-0.05, 0) is 48.4 Å². The van der Waals surface area contributed by atoms with Crippen molar-refractivity contribution in [3.05, 3.63) is 28.3 Å². The lowest BCUT2D eigenvalue weighted by Crippen LogP contribution is -2.06. The summed E-state index contributed by atoms with van der Waals surface area (Å²) in [5.41, 5.74) is 3.07. The van der Waals surface area contributed by atoms with Crippen LogP contribution >= 0.6 is 0 Å². The van der Waals surface area contributed by atoms with Crippen LogP contribution in [0.4, 0.5) is 0 Å². The summed E-state index contributed by atoms with van der Waals surface area (Å²) in [5.74, 6) is -1.07. The number of carboxylic acid groups (broad SMARTS) is 1. The number of phenols is 1. The number of aryl methyl sites for hydroxylation is 1. The summed E-state index contributed by atoms with van der Waals surface area (Å²) in [6, 6.07) is 1.63. The second-order valence-electron chi connectivity index (χ2n) is 5.21. The number of carboxylic acids is 1. The number of hydrogen-bond donors (Lipinski definition) is 2. The van der Waals surface area contributed by atoms with Crippen molar-refractivity contribution >= 4 is 5.97 Å². The first-order valence-corrected chi connectivity index (χ1v) is 7.66. The van der Waals surface area contributed by atoms with Crippen molar-refractivity contribution in [1.82, 2.24) is 0 Å². The lowest BCUT2D eigenvalue weighted by molar-refractivity contribution is 0.0693. The monoisotopic (exact) mass is 278 g/mol. The van der Waals surface area contributed by atoms with E-state index in [9.17, 15) is 15.0 Å². The van der Waals surface area contributed by atoms with Crippen molar-refractivity contribution in [2.24, 2.45) is 0 Å². The Hall–Kier alpha value is -1.51. The molecule has 3 nitrogen and oxygen atoms in total. The summed E-state index contributed by atoms with van der Waals surface area (Å²) in [5, 5.41) is 19.5. The third kappa shape index (κ3) is 3.75. The highest BCUT2D eigenvalue weighted by molar-refractivity contribution is 5.92. The molecular formula is C17H26O3. The zero-order valence-corrected chi connectivity index (χ0v) is 12.8. The van der Waals surface area contributed by atoms with Crippen LogP contribution in [0.1, 0.15) is 73.5 Å². The summed E-state index contributed by atoms with van der Waals surface area (Å²) >= 11 is 0. The van der Waals surface area contributed by atoms with Crippen molar-refractivity contribution in [3.8, 4) is 5.75 Å². The molecule has 3 heteroatoms. The Labute approximate surface area is 121 Å². The molecule has 0 heterocycles. The normalized spacial score (nSPS) is 10.8. The van der Waals surface area contributed by atoms with Gasteiger partial charge >= 0.3 is 5.97 Å². The fourth-order valence-corrected chi connectivity index (χ4v) is 2.75. The van der Waals surface area contributed by atoms with Crippen LogP contribution < -0.4 is 0 Å².